The number of ether oxygens (including phenoxy) is 1. The van der Waals surface area contributed by atoms with Gasteiger partial charge in [-0.3, -0.25) is 19.3 Å². The first-order chi connectivity index (χ1) is 16.5. The summed E-state index contributed by atoms with van der Waals surface area (Å²) in [5.41, 5.74) is 2.27. The first kappa shape index (κ1) is 25.6. The zero-order valence-corrected chi connectivity index (χ0v) is 21.9. The van der Waals surface area contributed by atoms with Crippen molar-refractivity contribution in [3.05, 3.63) is 34.9 Å². The third kappa shape index (κ3) is 4.83. The van der Waals surface area contributed by atoms with Crippen LogP contribution < -0.4 is 16.0 Å². The molecule has 3 aliphatic rings. The highest BCUT2D eigenvalue weighted by Gasteiger charge is 2.60. The van der Waals surface area contributed by atoms with E-state index in [0.29, 0.717) is 19.4 Å². The maximum atomic E-state index is 13.9. The highest BCUT2D eigenvalue weighted by atomic mass is 16.5. The number of hydrogen-bond acceptors (Lipinski definition) is 5. The van der Waals surface area contributed by atoms with E-state index in [0.717, 1.165) is 19.3 Å². The molecule has 35 heavy (non-hydrogen) atoms. The Hall–Kier alpha value is -2.45. The molecule has 3 N–H and O–H groups in total. The van der Waals surface area contributed by atoms with Gasteiger partial charge in [0.05, 0.1) is 18.7 Å². The van der Waals surface area contributed by atoms with Gasteiger partial charge in [-0.05, 0) is 63.6 Å². The molecule has 2 saturated heterocycles. The van der Waals surface area contributed by atoms with E-state index in [1.165, 1.54) is 16.7 Å². The van der Waals surface area contributed by atoms with E-state index < -0.39 is 29.3 Å². The van der Waals surface area contributed by atoms with Crippen LogP contribution in [0, 0.1) is 12.3 Å². The topological polar surface area (TPSA) is 99.8 Å². The van der Waals surface area contributed by atoms with Gasteiger partial charge in [-0.25, -0.2) is 0 Å². The number of benzene rings is 1. The van der Waals surface area contributed by atoms with Gasteiger partial charge in [-0.1, -0.05) is 37.6 Å². The number of hydrogen-bond donors (Lipinski definition) is 3. The Labute approximate surface area is 208 Å². The molecule has 0 aromatic heterocycles. The van der Waals surface area contributed by atoms with Crippen molar-refractivity contribution in [2.24, 2.45) is 5.41 Å². The quantitative estimate of drug-likeness (QED) is 0.596. The van der Waals surface area contributed by atoms with Gasteiger partial charge in [0.2, 0.25) is 17.7 Å². The van der Waals surface area contributed by atoms with Gasteiger partial charge in [0.1, 0.15) is 17.8 Å². The molecule has 1 aromatic carbocycles. The lowest BCUT2D eigenvalue weighted by Gasteiger charge is -2.38. The van der Waals surface area contributed by atoms with E-state index in [2.05, 4.69) is 41.1 Å². The first-order valence-corrected chi connectivity index (χ1v) is 12.8. The van der Waals surface area contributed by atoms with Crippen molar-refractivity contribution in [1.82, 2.24) is 20.9 Å². The van der Waals surface area contributed by atoms with E-state index in [9.17, 15) is 14.4 Å². The Kier molecular flexibility index (Phi) is 6.99. The second-order valence-corrected chi connectivity index (χ2v) is 11.3. The van der Waals surface area contributed by atoms with Crippen LogP contribution in [-0.2, 0) is 25.5 Å². The normalized spacial score (nSPS) is 30.6. The van der Waals surface area contributed by atoms with Gasteiger partial charge in [-0.15, -0.1) is 0 Å². The summed E-state index contributed by atoms with van der Waals surface area (Å²) in [6, 6.07) is 4.47. The van der Waals surface area contributed by atoms with Crippen LogP contribution in [0.1, 0.15) is 76.1 Å². The van der Waals surface area contributed by atoms with Crippen LogP contribution in [0.25, 0.3) is 0 Å². The van der Waals surface area contributed by atoms with E-state index >= 15 is 0 Å². The minimum absolute atomic E-state index is 0.0792. The van der Waals surface area contributed by atoms with Crippen LogP contribution in [0.5, 0.6) is 0 Å². The summed E-state index contributed by atoms with van der Waals surface area (Å²) < 4.78 is 6.22. The number of nitrogens with zero attached hydrogens (tertiary/aromatic N) is 1. The van der Waals surface area contributed by atoms with Crippen LogP contribution in [-0.4, -0.2) is 60.1 Å². The average molecular weight is 485 g/mol. The van der Waals surface area contributed by atoms with Crippen LogP contribution in [0.4, 0.5) is 0 Å². The summed E-state index contributed by atoms with van der Waals surface area (Å²) >= 11 is 0. The maximum absolute atomic E-state index is 13.9. The minimum Gasteiger partial charge on any atom is -0.356 e. The molecule has 2 unspecified atom stereocenters. The van der Waals surface area contributed by atoms with E-state index in [1.54, 1.807) is 18.9 Å². The molecule has 8 nitrogen and oxygen atoms in total. The summed E-state index contributed by atoms with van der Waals surface area (Å²) in [6.45, 7) is 10.1. The molecule has 4 rings (SSSR count). The smallest absolute Gasteiger partial charge is 0.248 e. The lowest BCUT2D eigenvalue weighted by molar-refractivity contribution is -0.164. The van der Waals surface area contributed by atoms with Gasteiger partial charge in [0.25, 0.3) is 0 Å². The number of carbonyl (C=O) groups is 3. The monoisotopic (exact) mass is 484 g/mol. The molecule has 3 amide bonds. The Morgan fingerprint density at radius 3 is 2.60 bits per heavy atom. The molecule has 1 aliphatic carbocycles. The summed E-state index contributed by atoms with van der Waals surface area (Å²) in [6.07, 6.45) is 3.81. The second-order valence-electron chi connectivity index (χ2n) is 11.3. The number of fused-ring (bicyclic) bond motifs is 2. The van der Waals surface area contributed by atoms with Gasteiger partial charge in [0.15, 0.2) is 0 Å². The predicted octanol–water partition coefficient (Wildman–Crippen LogP) is 2.34. The molecular formula is C27H40N4O4. The van der Waals surface area contributed by atoms with Crippen molar-refractivity contribution >= 4 is 17.7 Å². The summed E-state index contributed by atoms with van der Waals surface area (Å²) in [4.78, 5) is 41.9. The Morgan fingerprint density at radius 1 is 1.14 bits per heavy atom. The molecule has 192 valence electrons. The lowest BCUT2D eigenvalue weighted by Crippen LogP contribution is -2.60. The third-order valence-corrected chi connectivity index (χ3v) is 7.97. The predicted molar refractivity (Wildman–Crippen MR) is 133 cm³/mol. The number of rotatable bonds is 5. The first-order valence-electron chi connectivity index (χ1n) is 12.8. The molecule has 0 radical (unpaired) electrons. The Morgan fingerprint density at radius 2 is 1.89 bits per heavy atom. The highest BCUT2D eigenvalue weighted by molar-refractivity contribution is 5.94. The fourth-order valence-corrected chi connectivity index (χ4v) is 6.20. The highest BCUT2D eigenvalue weighted by Crippen LogP contribution is 2.48. The number of carbonyl (C=O) groups excluding carboxylic acids is 3. The fourth-order valence-electron chi connectivity index (χ4n) is 6.20. The van der Waals surface area contributed by atoms with E-state index in [1.807, 2.05) is 20.8 Å². The molecule has 1 aromatic rings. The molecule has 5 atom stereocenters. The van der Waals surface area contributed by atoms with Gasteiger partial charge < -0.3 is 20.7 Å². The number of amides is 3. The summed E-state index contributed by atoms with van der Waals surface area (Å²) in [5, 5.41) is 9.06. The van der Waals surface area contributed by atoms with Crippen LogP contribution in [0.3, 0.4) is 0 Å². The van der Waals surface area contributed by atoms with Crippen LogP contribution in [0.15, 0.2) is 18.2 Å². The van der Waals surface area contributed by atoms with Gasteiger partial charge >= 0.3 is 0 Å². The molecule has 2 heterocycles. The summed E-state index contributed by atoms with van der Waals surface area (Å²) in [7, 11) is 1.70. The lowest BCUT2D eigenvalue weighted by atomic mass is 9.81. The van der Waals surface area contributed by atoms with Crippen molar-refractivity contribution in [3.8, 4) is 0 Å². The number of nitrogens with one attached hydrogen (secondary N) is 3. The Bertz CT molecular complexity index is 1010. The van der Waals surface area contributed by atoms with Crippen LogP contribution >= 0.6 is 0 Å². The standard InChI is InChI=1S/C27H40N4O4/c1-16-10-11-19-18(14-16)8-7-9-20(19)29-24(33)22-26(3,4)15-27(5)31(22)25(34)21(12-13-35-27)30-23(32)17(2)28-6/h10-11,14,17,20-22,28H,7-9,12-13,15H2,1-6H3,(H,29,33)(H,30,32)/t17-,20?,21?,22+,27-/m0/s1. The zero-order chi connectivity index (χ0) is 25.5. The van der Waals surface area contributed by atoms with Crippen molar-refractivity contribution in [3.63, 3.8) is 0 Å². The average Bonchev–Trinajstić information content (AvgIpc) is 2.94. The molecule has 2 fully saturated rings. The summed E-state index contributed by atoms with van der Waals surface area (Å²) in [5.74, 6) is -0.667. The molecule has 8 heteroatoms. The third-order valence-electron chi connectivity index (χ3n) is 7.97. The van der Waals surface area contributed by atoms with Crippen LogP contribution in [0.2, 0.25) is 0 Å². The number of aryl methyl sites for hydroxylation is 2. The van der Waals surface area contributed by atoms with Gasteiger partial charge in [0, 0.05) is 12.8 Å². The Balaban J connectivity index is 1.61. The van der Waals surface area contributed by atoms with Crippen molar-refractivity contribution in [2.75, 3.05) is 13.7 Å². The number of likely N-dealkylation sites (N-methyl/N-ethyl adjacent to an activating group) is 1. The molecule has 0 saturated carbocycles. The fraction of sp³-hybridized carbons (Fsp3) is 0.667. The van der Waals surface area contributed by atoms with Crippen molar-refractivity contribution < 1.29 is 19.1 Å². The van der Waals surface area contributed by atoms with Crippen molar-refractivity contribution in [2.45, 2.75) is 96.6 Å². The SMILES string of the molecule is CN[C@@H](C)C(=O)NC1CCO[C@@]2(C)CC(C)(C)[C@@H](C(=O)NC3CCCc4cc(C)ccc43)N2C1=O. The molecule has 2 aliphatic heterocycles. The van der Waals surface area contributed by atoms with Crippen molar-refractivity contribution in [1.29, 1.82) is 0 Å². The second kappa shape index (κ2) is 9.54. The van der Waals surface area contributed by atoms with E-state index in [-0.39, 0.29) is 23.8 Å². The molecular weight excluding hydrogens is 444 g/mol. The largest absolute Gasteiger partial charge is 0.356 e. The zero-order valence-electron chi connectivity index (χ0n) is 21.9. The minimum atomic E-state index is -0.904. The maximum Gasteiger partial charge on any atom is 0.248 e. The van der Waals surface area contributed by atoms with E-state index in [4.69, 9.17) is 4.74 Å². The molecule has 0 bridgehead atoms. The molecule has 0 spiro atoms. The van der Waals surface area contributed by atoms with Gasteiger partial charge in [-0.2, -0.15) is 0 Å².